The molecule has 17 heavy (non-hydrogen) atoms. The second kappa shape index (κ2) is 7.07. The van der Waals surface area contributed by atoms with Crippen LogP contribution in [0.3, 0.4) is 0 Å². The Kier molecular flexibility index (Phi) is 5.70. The number of hydrogen-bond acceptors (Lipinski definition) is 2. The van der Waals surface area contributed by atoms with Gasteiger partial charge in [-0.1, -0.05) is 38.5 Å². The Balaban J connectivity index is 2.65. The quantitative estimate of drug-likeness (QED) is 0.562. The number of nitrogens with one attached hydrogen (secondary N) is 1. The molecule has 0 heterocycles. The molecule has 0 amide bonds. The van der Waals surface area contributed by atoms with Gasteiger partial charge in [0.2, 0.25) is 0 Å². The molecule has 0 unspecified atom stereocenters. The molecule has 0 aliphatic rings. The summed E-state index contributed by atoms with van der Waals surface area (Å²) in [6, 6.07) is 7.96. The van der Waals surface area contributed by atoms with Crippen LogP contribution < -0.4 is 5.73 Å². The van der Waals surface area contributed by atoms with Gasteiger partial charge < -0.3 is 5.73 Å². The molecule has 0 bridgehead atoms. The second-order valence-electron chi connectivity index (χ2n) is 4.34. The molecular weight excluding hydrogens is 210 g/mol. The number of benzene rings is 1. The third-order valence-corrected chi connectivity index (χ3v) is 2.92. The first-order valence-electron chi connectivity index (χ1n) is 6.33. The lowest BCUT2D eigenvalue weighted by Crippen LogP contribution is -2.24. The van der Waals surface area contributed by atoms with E-state index in [0.717, 1.165) is 25.2 Å². The van der Waals surface area contributed by atoms with Gasteiger partial charge in [0.25, 0.3) is 0 Å². The van der Waals surface area contributed by atoms with Crippen LogP contribution in [-0.4, -0.2) is 23.8 Å². The van der Waals surface area contributed by atoms with Gasteiger partial charge in [-0.3, -0.25) is 10.3 Å². The lowest BCUT2D eigenvalue weighted by atomic mass is 10.1. The van der Waals surface area contributed by atoms with E-state index in [-0.39, 0.29) is 5.84 Å². The van der Waals surface area contributed by atoms with Crippen molar-refractivity contribution >= 4 is 5.84 Å². The molecule has 0 aromatic heterocycles. The van der Waals surface area contributed by atoms with E-state index in [9.17, 15) is 0 Å². The maximum atomic E-state index is 7.43. The summed E-state index contributed by atoms with van der Waals surface area (Å²) in [6.07, 6.45) is 2.46. The van der Waals surface area contributed by atoms with Gasteiger partial charge in [0, 0.05) is 12.1 Å². The minimum Gasteiger partial charge on any atom is -0.384 e. The maximum absolute atomic E-state index is 7.43. The highest BCUT2D eigenvalue weighted by Crippen LogP contribution is 2.08. The van der Waals surface area contributed by atoms with Gasteiger partial charge in [0.15, 0.2) is 0 Å². The van der Waals surface area contributed by atoms with Gasteiger partial charge in [-0.05, 0) is 31.1 Å². The number of rotatable bonds is 7. The summed E-state index contributed by atoms with van der Waals surface area (Å²) in [5, 5.41) is 7.43. The Labute approximate surface area is 104 Å². The van der Waals surface area contributed by atoms with Crippen molar-refractivity contribution in [1.82, 2.24) is 4.90 Å². The lowest BCUT2D eigenvalue weighted by Gasteiger charge is -2.20. The highest BCUT2D eigenvalue weighted by molar-refractivity contribution is 5.95. The summed E-state index contributed by atoms with van der Waals surface area (Å²) in [7, 11) is 0. The van der Waals surface area contributed by atoms with Crippen LogP contribution in [0.4, 0.5) is 0 Å². The van der Waals surface area contributed by atoms with Crippen molar-refractivity contribution in [2.75, 3.05) is 13.1 Å². The molecule has 1 aromatic rings. The van der Waals surface area contributed by atoms with Crippen LogP contribution >= 0.6 is 0 Å². The first-order valence-corrected chi connectivity index (χ1v) is 6.33. The largest absolute Gasteiger partial charge is 0.384 e. The van der Waals surface area contributed by atoms with Gasteiger partial charge in [-0.15, -0.1) is 0 Å². The van der Waals surface area contributed by atoms with Crippen molar-refractivity contribution in [3.63, 3.8) is 0 Å². The summed E-state index contributed by atoms with van der Waals surface area (Å²) >= 11 is 0. The first-order chi connectivity index (χ1) is 8.17. The van der Waals surface area contributed by atoms with E-state index in [1.54, 1.807) is 0 Å². The molecule has 0 fully saturated rings. The Morgan fingerprint density at radius 3 is 2.71 bits per heavy atom. The Hall–Kier alpha value is -1.35. The molecule has 0 spiro atoms. The Morgan fingerprint density at radius 2 is 2.12 bits per heavy atom. The average molecular weight is 233 g/mol. The zero-order valence-electron chi connectivity index (χ0n) is 10.9. The van der Waals surface area contributed by atoms with Crippen LogP contribution in [0.25, 0.3) is 0 Å². The maximum Gasteiger partial charge on any atom is 0.122 e. The van der Waals surface area contributed by atoms with Gasteiger partial charge in [0.05, 0.1) is 0 Å². The van der Waals surface area contributed by atoms with Crippen molar-refractivity contribution in [3.05, 3.63) is 35.4 Å². The molecule has 94 valence electrons. The van der Waals surface area contributed by atoms with Crippen LogP contribution in [-0.2, 0) is 6.54 Å². The highest BCUT2D eigenvalue weighted by Gasteiger charge is 2.04. The SMILES string of the molecule is CCCCN(CC)Cc1cccc(C(=N)N)c1. The third kappa shape index (κ3) is 4.57. The van der Waals surface area contributed by atoms with Gasteiger partial charge >= 0.3 is 0 Å². The third-order valence-electron chi connectivity index (χ3n) is 2.92. The summed E-state index contributed by atoms with van der Waals surface area (Å²) in [5.74, 6) is 0.142. The van der Waals surface area contributed by atoms with E-state index in [1.807, 2.05) is 18.2 Å². The van der Waals surface area contributed by atoms with Gasteiger partial charge in [-0.2, -0.15) is 0 Å². The van der Waals surface area contributed by atoms with Crippen LogP contribution in [0.5, 0.6) is 0 Å². The summed E-state index contributed by atoms with van der Waals surface area (Å²) in [6.45, 7) is 7.54. The fourth-order valence-electron chi connectivity index (χ4n) is 1.83. The van der Waals surface area contributed by atoms with Crippen LogP contribution in [0.15, 0.2) is 24.3 Å². The number of unbranched alkanes of at least 4 members (excludes halogenated alkanes) is 1. The minimum atomic E-state index is 0.142. The van der Waals surface area contributed by atoms with E-state index in [2.05, 4.69) is 24.8 Å². The van der Waals surface area contributed by atoms with E-state index < -0.39 is 0 Å². The van der Waals surface area contributed by atoms with E-state index in [0.29, 0.717) is 0 Å². The van der Waals surface area contributed by atoms with Crippen LogP contribution in [0.2, 0.25) is 0 Å². The predicted molar refractivity (Wildman–Crippen MR) is 73.3 cm³/mol. The fraction of sp³-hybridized carbons (Fsp3) is 0.500. The molecule has 1 rings (SSSR count). The molecule has 3 heteroatoms. The molecule has 0 radical (unpaired) electrons. The van der Waals surface area contributed by atoms with Crippen LogP contribution in [0.1, 0.15) is 37.8 Å². The molecule has 0 aliphatic heterocycles. The standard InChI is InChI=1S/C14H23N3/c1-3-5-9-17(4-2)11-12-7-6-8-13(10-12)14(15)16/h6-8,10H,3-5,9,11H2,1-2H3,(H3,15,16). The topological polar surface area (TPSA) is 53.1 Å². The number of amidine groups is 1. The normalized spacial score (nSPS) is 10.8. The zero-order chi connectivity index (χ0) is 12.7. The zero-order valence-corrected chi connectivity index (χ0v) is 10.9. The number of nitrogens with two attached hydrogens (primary N) is 1. The van der Waals surface area contributed by atoms with E-state index >= 15 is 0 Å². The van der Waals surface area contributed by atoms with Crippen molar-refractivity contribution in [1.29, 1.82) is 5.41 Å². The summed E-state index contributed by atoms with van der Waals surface area (Å²) in [4.78, 5) is 2.42. The van der Waals surface area contributed by atoms with Crippen molar-refractivity contribution in [3.8, 4) is 0 Å². The van der Waals surface area contributed by atoms with Gasteiger partial charge in [-0.25, -0.2) is 0 Å². The highest BCUT2D eigenvalue weighted by atomic mass is 15.1. The monoisotopic (exact) mass is 233 g/mol. The lowest BCUT2D eigenvalue weighted by molar-refractivity contribution is 0.275. The molecule has 3 N–H and O–H groups in total. The molecule has 0 aliphatic carbocycles. The van der Waals surface area contributed by atoms with Gasteiger partial charge in [0.1, 0.15) is 5.84 Å². The predicted octanol–water partition coefficient (Wildman–Crippen LogP) is 2.59. The first kappa shape index (κ1) is 13.7. The molecule has 0 saturated carbocycles. The molecule has 0 saturated heterocycles. The Morgan fingerprint density at radius 1 is 1.35 bits per heavy atom. The number of nitrogen functional groups attached to an aromatic ring is 1. The van der Waals surface area contributed by atoms with Crippen LogP contribution in [0, 0.1) is 5.41 Å². The molecule has 0 atom stereocenters. The van der Waals surface area contributed by atoms with Crippen molar-refractivity contribution in [2.45, 2.75) is 33.2 Å². The molecular formula is C14H23N3. The van der Waals surface area contributed by atoms with E-state index in [4.69, 9.17) is 11.1 Å². The molecule has 1 aromatic carbocycles. The second-order valence-corrected chi connectivity index (χ2v) is 4.34. The smallest absolute Gasteiger partial charge is 0.122 e. The minimum absolute atomic E-state index is 0.142. The fourth-order valence-corrected chi connectivity index (χ4v) is 1.83. The summed E-state index contributed by atoms with van der Waals surface area (Å²) in [5.41, 5.74) is 7.54. The molecule has 3 nitrogen and oxygen atoms in total. The number of nitrogens with zero attached hydrogens (tertiary/aromatic N) is 1. The van der Waals surface area contributed by atoms with Crippen molar-refractivity contribution in [2.24, 2.45) is 5.73 Å². The van der Waals surface area contributed by atoms with Crippen molar-refractivity contribution < 1.29 is 0 Å². The summed E-state index contributed by atoms with van der Waals surface area (Å²) < 4.78 is 0. The number of hydrogen-bond donors (Lipinski definition) is 2. The Bertz CT molecular complexity index is 360. The average Bonchev–Trinajstić information content (AvgIpc) is 2.34. The van der Waals surface area contributed by atoms with E-state index in [1.165, 1.54) is 18.4 Å².